The molecule has 0 atom stereocenters. The van der Waals surface area contributed by atoms with E-state index in [9.17, 15) is 4.79 Å². The maximum absolute atomic E-state index is 10.0. The zero-order valence-electron chi connectivity index (χ0n) is 5.88. The van der Waals surface area contributed by atoms with Crippen molar-refractivity contribution in [1.82, 2.24) is 14.8 Å². The van der Waals surface area contributed by atoms with Gasteiger partial charge in [0.2, 0.25) is 5.95 Å². The second kappa shape index (κ2) is 5.62. The summed E-state index contributed by atoms with van der Waals surface area (Å²) in [5.74, 6) is -0.883. The fourth-order valence-electron chi connectivity index (χ4n) is 0.524. The number of nitrogens with two attached hydrogens (primary N) is 1. The predicted octanol–water partition coefficient (Wildman–Crippen LogP) is -0.212. The highest BCUT2D eigenvalue weighted by Gasteiger charge is 1.99. The van der Waals surface area contributed by atoms with E-state index < -0.39 is 5.97 Å². The van der Waals surface area contributed by atoms with Crippen molar-refractivity contribution in [1.29, 1.82) is 0 Å². The summed E-state index contributed by atoms with van der Waals surface area (Å²) in [5, 5.41) is 11.8. The molecule has 0 fully saturated rings. The van der Waals surface area contributed by atoms with Crippen LogP contribution in [0.2, 0.25) is 0 Å². The van der Waals surface area contributed by atoms with Crippen LogP contribution in [-0.4, -0.2) is 25.8 Å². The lowest BCUT2D eigenvalue weighted by Crippen LogP contribution is -2.09. The van der Waals surface area contributed by atoms with Crippen LogP contribution in [0.4, 0.5) is 5.95 Å². The highest BCUT2D eigenvalue weighted by Crippen LogP contribution is 1.87. The highest BCUT2D eigenvalue weighted by atomic mass is 35.5. The van der Waals surface area contributed by atoms with E-state index in [1.165, 1.54) is 6.33 Å². The van der Waals surface area contributed by atoms with Gasteiger partial charge in [0.15, 0.2) is 0 Å². The molecule has 0 amide bonds. The minimum absolute atomic E-state index is 0. The molecule has 0 aromatic carbocycles. The van der Waals surface area contributed by atoms with Crippen LogP contribution >= 0.6 is 24.8 Å². The number of hydrogen-bond acceptors (Lipinski definition) is 4. The number of rotatable bonds is 2. The summed E-state index contributed by atoms with van der Waals surface area (Å²) in [6.45, 7) is -0.204. The number of carbonyl (C=O) groups is 1. The van der Waals surface area contributed by atoms with Crippen LogP contribution < -0.4 is 5.73 Å². The van der Waals surface area contributed by atoms with Gasteiger partial charge in [0.25, 0.3) is 0 Å². The Kier molecular flexibility index (Phi) is 6.35. The molecule has 0 aliphatic carbocycles. The van der Waals surface area contributed by atoms with Crippen molar-refractivity contribution in [2.24, 2.45) is 0 Å². The van der Waals surface area contributed by atoms with Gasteiger partial charge >= 0.3 is 5.97 Å². The number of anilines is 1. The summed E-state index contributed by atoms with van der Waals surface area (Å²) in [6, 6.07) is 0. The average Bonchev–Trinajstić information content (AvgIpc) is 2.13. The molecule has 1 heterocycles. The van der Waals surface area contributed by atoms with Gasteiger partial charge in [-0.2, -0.15) is 0 Å². The third-order valence-corrected chi connectivity index (χ3v) is 0.851. The summed E-state index contributed by atoms with van der Waals surface area (Å²) < 4.78 is 1.15. The van der Waals surface area contributed by atoms with Gasteiger partial charge < -0.3 is 10.8 Å². The van der Waals surface area contributed by atoms with Crippen molar-refractivity contribution in [3.63, 3.8) is 0 Å². The second-order valence-electron chi connectivity index (χ2n) is 1.69. The van der Waals surface area contributed by atoms with E-state index in [0.717, 1.165) is 4.68 Å². The molecular formula is C4H8Cl2N4O2. The number of carboxylic acids is 1. The normalized spacial score (nSPS) is 8.00. The molecule has 1 rings (SSSR count). The van der Waals surface area contributed by atoms with Crippen LogP contribution in [0.5, 0.6) is 0 Å². The van der Waals surface area contributed by atoms with Crippen LogP contribution in [0, 0.1) is 0 Å². The van der Waals surface area contributed by atoms with Gasteiger partial charge in [-0.3, -0.25) is 4.79 Å². The van der Waals surface area contributed by atoms with E-state index in [0.29, 0.717) is 0 Å². The summed E-state index contributed by atoms with van der Waals surface area (Å²) in [5.41, 5.74) is 5.12. The van der Waals surface area contributed by atoms with Gasteiger partial charge in [-0.05, 0) is 0 Å². The van der Waals surface area contributed by atoms with Crippen LogP contribution in [0.15, 0.2) is 6.33 Å². The van der Waals surface area contributed by atoms with Crippen molar-refractivity contribution >= 4 is 36.7 Å². The molecule has 0 saturated heterocycles. The van der Waals surface area contributed by atoms with Crippen molar-refractivity contribution in [3.8, 4) is 0 Å². The van der Waals surface area contributed by atoms with Crippen molar-refractivity contribution in [3.05, 3.63) is 6.33 Å². The Balaban J connectivity index is 0. The van der Waals surface area contributed by atoms with Gasteiger partial charge in [-0.1, -0.05) is 0 Å². The molecule has 8 heteroatoms. The van der Waals surface area contributed by atoms with Crippen molar-refractivity contribution in [2.45, 2.75) is 6.54 Å². The van der Waals surface area contributed by atoms with Gasteiger partial charge in [0, 0.05) is 0 Å². The smallest absolute Gasteiger partial charge is 0.325 e. The summed E-state index contributed by atoms with van der Waals surface area (Å²) in [7, 11) is 0. The molecule has 3 N–H and O–H groups in total. The SMILES string of the molecule is Cl.Cl.Nc1ncn(CC(=O)O)n1. The first-order valence-corrected chi connectivity index (χ1v) is 2.55. The zero-order chi connectivity index (χ0) is 7.56. The molecule has 1 aromatic heterocycles. The van der Waals surface area contributed by atoms with E-state index >= 15 is 0 Å². The quantitative estimate of drug-likeness (QED) is 0.711. The lowest BCUT2D eigenvalue weighted by atomic mass is 10.7. The van der Waals surface area contributed by atoms with E-state index in [-0.39, 0.29) is 37.3 Å². The molecule has 0 aliphatic heterocycles. The Hall–Kier alpha value is -1.01. The van der Waals surface area contributed by atoms with Crippen LogP contribution in [0.3, 0.4) is 0 Å². The molecule has 70 valence electrons. The number of nitrogen functional groups attached to an aromatic ring is 1. The van der Waals surface area contributed by atoms with E-state index in [2.05, 4.69) is 10.1 Å². The third kappa shape index (κ3) is 3.99. The topological polar surface area (TPSA) is 94.0 Å². The number of aliphatic carboxylic acids is 1. The minimum Gasteiger partial charge on any atom is -0.480 e. The number of hydrogen-bond donors (Lipinski definition) is 2. The Bertz CT molecular complexity index is 251. The maximum atomic E-state index is 10.0. The fourth-order valence-corrected chi connectivity index (χ4v) is 0.524. The zero-order valence-corrected chi connectivity index (χ0v) is 7.51. The van der Waals surface area contributed by atoms with Crippen molar-refractivity contribution < 1.29 is 9.90 Å². The lowest BCUT2D eigenvalue weighted by Gasteiger charge is -1.90. The Morgan fingerprint density at radius 2 is 2.25 bits per heavy atom. The second-order valence-corrected chi connectivity index (χ2v) is 1.69. The molecule has 6 nitrogen and oxygen atoms in total. The summed E-state index contributed by atoms with van der Waals surface area (Å²) in [4.78, 5) is 13.6. The monoisotopic (exact) mass is 214 g/mol. The summed E-state index contributed by atoms with van der Waals surface area (Å²) in [6.07, 6.45) is 1.27. The molecule has 0 aliphatic rings. The first-order chi connectivity index (χ1) is 4.68. The molecule has 0 unspecified atom stereocenters. The van der Waals surface area contributed by atoms with Crippen LogP contribution in [-0.2, 0) is 11.3 Å². The predicted molar refractivity (Wildman–Crippen MR) is 46.6 cm³/mol. The first-order valence-electron chi connectivity index (χ1n) is 2.55. The molecule has 0 radical (unpaired) electrons. The van der Waals surface area contributed by atoms with E-state index in [1.54, 1.807) is 0 Å². The van der Waals surface area contributed by atoms with Gasteiger partial charge in [-0.15, -0.1) is 29.9 Å². The van der Waals surface area contributed by atoms with E-state index in [1.807, 2.05) is 0 Å². The Morgan fingerprint density at radius 3 is 2.58 bits per heavy atom. The standard InChI is InChI=1S/C4H6N4O2.2ClH/c5-4-6-2-8(7-4)1-3(9)10;;/h2H,1H2,(H2,5,7)(H,9,10);2*1H. The molecule has 12 heavy (non-hydrogen) atoms. The fraction of sp³-hybridized carbons (Fsp3) is 0.250. The number of carboxylic acid groups (broad SMARTS) is 1. The molecule has 1 aromatic rings. The molecule has 0 spiro atoms. The van der Waals surface area contributed by atoms with E-state index in [4.69, 9.17) is 10.8 Å². The highest BCUT2D eigenvalue weighted by molar-refractivity contribution is 5.85. The molecular weight excluding hydrogens is 207 g/mol. The van der Waals surface area contributed by atoms with Crippen molar-refractivity contribution in [2.75, 3.05) is 5.73 Å². The Labute approximate surface area is 80.6 Å². The minimum atomic E-state index is -0.968. The third-order valence-electron chi connectivity index (χ3n) is 0.851. The number of aromatic nitrogens is 3. The number of halogens is 2. The van der Waals surface area contributed by atoms with Gasteiger partial charge in [-0.25, -0.2) is 9.67 Å². The lowest BCUT2D eigenvalue weighted by molar-refractivity contribution is -0.137. The van der Waals surface area contributed by atoms with Crippen LogP contribution in [0.25, 0.3) is 0 Å². The van der Waals surface area contributed by atoms with Gasteiger partial charge in [0.05, 0.1) is 0 Å². The Morgan fingerprint density at radius 1 is 1.67 bits per heavy atom. The van der Waals surface area contributed by atoms with Gasteiger partial charge in [0.1, 0.15) is 12.9 Å². The largest absolute Gasteiger partial charge is 0.480 e. The van der Waals surface area contributed by atoms with Crippen LogP contribution in [0.1, 0.15) is 0 Å². The summed E-state index contributed by atoms with van der Waals surface area (Å²) >= 11 is 0. The average molecular weight is 215 g/mol. The first kappa shape index (κ1) is 13.6. The molecule has 0 saturated carbocycles. The molecule has 0 bridgehead atoms. The number of nitrogens with zero attached hydrogens (tertiary/aromatic N) is 3. The maximum Gasteiger partial charge on any atom is 0.325 e.